The highest BCUT2D eigenvalue weighted by molar-refractivity contribution is 7.99. The van der Waals surface area contributed by atoms with Crippen molar-refractivity contribution in [1.82, 2.24) is 0 Å². The van der Waals surface area contributed by atoms with Crippen molar-refractivity contribution in [3.8, 4) is 0 Å². The summed E-state index contributed by atoms with van der Waals surface area (Å²) in [5.41, 5.74) is 8.02. The first-order chi connectivity index (χ1) is 8.79. The van der Waals surface area contributed by atoms with Crippen molar-refractivity contribution in [3.63, 3.8) is 0 Å². The first-order valence-corrected chi connectivity index (χ1v) is 6.51. The maximum Gasteiger partial charge on any atom is 0.178 e. The third kappa shape index (κ3) is 1.79. The molecule has 1 aliphatic rings. The van der Waals surface area contributed by atoms with Gasteiger partial charge >= 0.3 is 0 Å². The van der Waals surface area contributed by atoms with Crippen molar-refractivity contribution in [1.29, 1.82) is 0 Å². The fraction of sp³-hybridized carbons (Fsp3) is 0.0714. The second-order valence-corrected chi connectivity index (χ2v) is 5.11. The molecule has 0 radical (unpaired) electrons. The molecule has 0 aliphatic carbocycles. The number of nitrogens with two attached hydrogens (primary N) is 1. The number of nitrogens with one attached hydrogen (secondary N) is 1. The van der Waals surface area contributed by atoms with Crippen molar-refractivity contribution in [2.45, 2.75) is 9.79 Å². The quantitative estimate of drug-likeness (QED) is 0.692. The van der Waals surface area contributed by atoms with Crippen molar-refractivity contribution in [2.24, 2.45) is 5.73 Å². The summed E-state index contributed by atoms with van der Waals surface area (Å²) >= 11 is 1.67. The van der Waals surface area contributed by atoms with Crippen LogP contribution in [-0.2, 0) is 0 Å². The van der Waals surface area contributed by atoms with Crippen LogP contribution in [0.15, 0.2) is 52.3 Å². The van der Waals surface area contributed by atoms with Crippen molar-refractivity contribution in [3.05, 3.63) is 48.0 Å². The van der Waals surface area contributed by atoms with Gasteiger partial charge in [-0.2, -0.15) is 0 Å². The zero-order chi connectivity index (χ0) is 12.5. The van der Waals surface area contributed by atoms with Gasteiger partial charge in [0, 0.05) is 15.4 Å². The Morgan fingerprint density at radius 3 is 2.72 bits per heavy atom. The maximum atomic E-state index is 11.8. The van der Waals surface area contributed by atoms with Gasteiger partial charge in [-0.25, -0.2) is 0 Å². The minimum atomic E-state index is -0.0423. The Hall–Kier alpha value is -1.78. The molecular weight excluding hydrogens is 244 g/mol. The monoisotopic (exact) mass is 256 g/mol. The lowest BCUT2D eigenvalue weighted by Gasteiger charge is -2.22. The summed E-state index contributed by atoms with van der Waals surface area (Å²) in [6.45, 7) is 0.0322. The largest absolute Gasteiger partial charge is 0.353 e. The minimum absolute atomic E-state index is 0.0322. The predicted molar refractivity (Wildman–Crippen MR) is 73.7 cm³/mol. The minimum Gasteiger partial charge on any atom is -0.353 e. The van der Waals surface area contributed by atoms with E-state index in [2.05, 4.69) is 11.4 Å². The molecule has 4 heteroatoms. The normalized spacial score (nSPS) is 12.3. The fourth-order valence-electron chi connectivity index (χ4n) is 2.00. The van der Waals surface area contributed by atoms with Crippen LogP contribution in [0.1, 0.15) is 10.4 Å². The van der Waals surface area contributed by atoms with Gasteiger partial charge in [0.25, 0.3) is 0 Å². The Morgan fingerprint density at radius 2 is 1.89 bits per heavy atom. The van der Waals surface area contributed by atoms with E-state index in [0.29, 0.717) is 5.56 Å². The van der Waals surface area contributed by atoms with Crippen molar-refractivity contribution >= 4 is 28.9 Å². The summed E-state index contributed by atoms with van der Waals surface area (Å²) in [4.78, 5) is 14.1. The highest BCUT2D eigenvalue weighted by Crippen LogP contribution is 2.45. The molecule has 0 atom stereocenters. The summed E-state index contributed by atoms with van der Waals surface area (Å²) in [5, 5.41) is 3.33. The molecule has 0 saturated heterocycles. The van der Waals surface area contributed by atoms with E-state index in [0.717, 1.165) is 16.3 Å². The fourth-order valence-corrected chi connectivity index (χ4v) is 3.02. The number of fused-ring (bicyclic) bond motifs is 2. The molecular formula is C14H12N2OS. The lowest BCUT2D eigenvalue weighted by atomic mass is 10.1. The molecule has 0 bridgehead atoms. The second kappa shape index (κ2) is 4.48. The summed E-state index contributed by atoms with van der Waals surface area (Å²) in [6.07, 6.45) is 0. The highest BCUT2D eigenvalue weighted by atomic mass is 32.2. The Bertz CT molecular complexity index is 625. The molecule has 0 amide bonds. The van der Waals surface area contributed by atoms with E-state index in [4.69, 9.17) is 5.73 Å². The number of rotatable bonds is 2. The first kappa shape index (κ1) is 11.3. The van der Waals surface area contributed by atoms with E-state index < -0.39 is 0 Å². The van der Waals surface area contributed by atoms with Gasteiger partial charge in [0.1, 0.15) is 0 Å². The number of Topliss-reactive ketones (excluding diaryl/α,β-unsaturated/α-hetero) is 1. The van der Waals surface area contributed by atoms with Crippen LogP contribution in [0.4, 0.5) is 11.4 Å². The predicted octanol–water partition coefficient (Wildman–Crippen LogP) is 3.04. The molecule has 0 fully saturated rings. The molecule has 2 aromatic carbocycles. The van der Waals surface area contributed by atoms with Gasteiger partial charge < -0.3 is 11.1 Å². The lowest BCUT2D eigenvalue weighted by molar-refractivity contribution is 0.100. The number of carbonyl (C=O) groups excluding carboxylic acids is 1. The third-order valence-corrected chi connectivity index (χ3v) is 4.01. The third-order valence-electron chi connectivity index (χ3n) is 2.88. The van der Waals surface area contributed by atoms with Crippen LogP contribution in [0, 0.1) is 0 Å². The van der Waals surface area contributed by atoms with Crippen molar-refractivity contribution in [2.75, 3.05) is 11.9 Å². The Kier molecular flexibility index (Phi) is 2.81. The van der Waals surface area contributed by atoms with Crippen LogP contribution >= 0.6 is 11.8 Å². The van der Waals surface area contributed by atoms with Gasteiger partial charge in [0.2, 0.25) is 0 Å². The topological polar surface area (TPSA) is 55.1 Å². The van der Waals surface area contributed by atoms with E-state index in [1.807, 2.05) is 36.4 Å². The van der Waals surface area contributed by atoms with E-state index in [1.165, 1.54) is 4.90 Å². The van der Waals surface area contributed by atoms with Crippen LogP contribution < -0.4 is 11.1 Å². The second-order valence-electron chi connectivity index (χ2n) is 4.03. The number of para-hydroxylation sites is 2. The number of hydrogen-bond acceptors (Lipinski definition) is 4. The summed E-state index contributed by atoms with van der Waals surface area (Å²) in [7, 11) is 0. The van der Waals surface area contributed by atoms with E-state index in [9.17, 15) is 4.79 Å². The molecule has 2 aromatic rings. The molecule has 0 spiro atoms. The Labute approximate surface area is 109 Å². The molecule has 3 rings (SSSR count). The number of carbonyl (C=O) groups is 1. The Morgan fingerprint density at radius 1 is 1.11 bits per heavy atom. The van der Waals surface area contributed by atoms with Gasteiger partial charge in [-0.15, -0.1) is 0 Å². The van der Waals surface area contributed by atoms with E-state index in [1.54, 1.807) is 11.8 Å². The smallest absolute Gasteiger partial charge is 0.178 e. The maximum absolute atomic E-state index is 11.8. The van der Waals surface area contributed by atoms with Crippen molar-refractivity contribution < 1.29 is 4.79 Å². The van der Waals surface area contributed by atoms with Crippen LogP contribution in [0.5, 0.6) is 0 Å². The lowest BCUT2D eigenvalue weighted by Crippen LogP contribution is -2.16. The molecule has 0 aromatic heterocycles. The number of hydrogen-bond donors (Lipinski definition) is 2. The summed E-state index contributed by atoms with van der Waals surface area (Å²) < 4.78 is 0. The standard InChI is InChI=1S/C14H12N2OS/c15-8-11(17)9-4-3-7-13-14(9)16-10-5-1-2-6-12(10)18-13/h1-7,16H,8,15H2. The molecule has 0 unspecified atom stereocenters. The van der Waals surface area contributed by atoms with Gasteiger partial charge in [0.05, 0.1) is 17.9 Å². The zero-order valence-corrected chi connectivity index (χ0v) is 10.5. The van der Waals surface area contributed by atoms with Gasteiger partial charge in [-0.3, -0.25) is 4.79 Å². The first-order valence-electron chi connectivity index (χ1n) is 5.70. The van der Waals surface area contributed by atoms with Crippen LogP contribution in [0.2, 0.25) is 0 Å². The van der Waals surface area contributed by atoms with E-state index >= 15 is 0 Å². The summed E-state index contributed by atoms with van der Waals surface area (Å²) in [6, 6.07) is 13.8. The zero-order valence-electron chi connectivity index (χ0n) is 9.64. The average molecular weight is 256 g/mol. The number of ketones is 1. The molecule has 90 valence electrons. The average Bonchev–Trinajstić information content (AvgIpc) is 2.43. The highest BCUT2D eigenvalue weighted by Gasteiger charge is 2.20. The van der Waals surface area contributed by atoms with Gasteiger partial charge in [-0.1, -0.05) is 30.0 Å². The molecule has 1 aliphatic heterocycles. The number of anilines is 2. The van der Waals surface area contributed by atoms with E-state index in [-0.39, 0.29) is 12.3 Å². The van der Waals surface area contributed by atoms with Crippen LogP contribution in [0.25, 0.3) is 0 Å². The molecule has 3 N–H and O–H groups in total. The summed E-state index contributed by atoms with van der Waals surface area (Å²) in [5.74, 6) is -0.0423. The van der Waals surface area contributed by atoms with Gasteiger partial charge in [-0.05, 0) is 24.3 Å². The molecule has 1 heterocycles. The van der Waals surface area contributed by atoms with Crippen LogP contribution in [0.3, 0.4) is 0 Å². The Balaban J connectivity index is 2.10. The SMILES string of the molecule is NCC(=O)c1cccc2c1Nc1ccccc1S2. The van der Waals surface area contributed by atoms with Crippen LogP contribution in [-0.4, -0.2) is 12.3 Å². The van der Waals surface area contributed by atoms with Gasteiger partial charge in [0.15, 0.2) is 5.78 Å². The molecule has 3 nitrogen and oxygen atoms in total. The molecule has 18 heavy (non-hydrogen) atoms. The molecule has 0 saturated carbocycles. The number of benzene rings is 2.